The van der Waals surface area contributed by atoms with Gasteiger partial charge in [0.2, 0.25) is 0 Å². The Balaban J connectivity index is 1.65. The lowest BCUT2D eigenvalue weighted by atomic mass is 10.1. The van der Waals surface area contributed by atoms with Crippen LogP contribution in [0.15, 0.2) is 52.8 Å². The fourth-order valence-corrected chi connectivity index (χ4v) is 4.15. The molecule has 1 saturated carbocycles. The van der Waals surface area contributed by atoms with Crippen LogP contribution in [0.3, 0.4) is 0 Å². The molecule has 1 aliphatic carbocycles. The van der Waals surface area contributed by atoms with E-state index in [9.17, 15) is 9.59 Å². The maximum atomic E-state index is 12.0. The molecule has 132 valence electrons. The normalized spacial score (nSPS) is 13.6. The first-order chi connectivity index (χ1) is 12.5. The minimum absolute atomic E-state index is 0.0382. The lowest BCUT2D eigenvalue weighted by molar-refractivity contribution is 0.210. The molecule has 1 fully saturated rings. The molecular formula is C19H15ClN2O3S. The van der Waals surface area contributed by atoms with Crippen molar-refractivity contribution in [3.63, 3.8) is 0 Å². The number of benzene rings is 1. The Hall–Kier alpha value is -2.57. The number of nitrogens with zero attached hydrogens (tertiary/aromatic N) is 1. The zero-order chi connectivity index (χ0) is 18.3. The number of carbonyl (C=O) groups is 1. The predicted octanol–water partition coefficient (Wildman–Crippen LogP) is 5.32. The van der Waals surface area contributed by atoms with Gasteiger partial charge in [-0.1, -0.05) is 11.6 Å². The third-order valence-electron chi connectivity index (χ3n) is 4.30. The summed E-state index contributed by atoms with van der Waals surface area (Å²) in [7, 11) is 0. The quantitative estimate of drug-likeness (QED) is 0.637. The summed E-state index contributed by atoms with van der Waals surface area (Å²) in [6, 6.07) is 10.9. The molecule has 7 heteroatoms. The minimum atomic E-state index is -1.13. The molecule has 0 spiro atoms. The monoisotopic (exact) mass is 386 g/mol. The molecule has 4 rings (SSSR count). The van der Waals surface area contributed by atoms with E-state index in [2.05, 4.69) is 5.32 Å². The molecule has 2 aromatic heterocycles. The minimum Gasteiger partial charge on any atom is -0.465 e. The first kappa shape index (κ1) is 16.9. The summed E-state index contributed by atoms with van der Waals surface area (Å²) in [6.07, 6.45) is 2.92. The number of hydrogen-bond acceptors (Lipinski definition) is 3. The summed E-state index contributed by atoms with van der Waals surface area (Å²) in [5, 5.41) is 13.6. The topological polar surface area (TPSA) is 71.3 Å². The van der Waals surface area contributed by atoms with E-state index in [0.29, 0.717) is 16.8 Å². The van der Waals surface area contributed by atoms with Gasteiger partial charge in [-0.3, -0.25) is 10.1 Å². The molecule has 1 aliphatic rings. The number of aromatic nitrogens is 1. The molecule has 3 aromatic rings. The average molecular weight is 387 g/mol. The molecule has 0 saturated heterocycles. The van der Waals surface area contributed by atoms with Crippen LogP contribution < -0.4 is 10.9 Å². The molecule has 0 atom stereocenters. The number of nitrogens with one attached hydrogen (secondary N) is 1. The van der Waals surface area contributed by atoms with Gasteiger partial charge in [-0.15, -0.1) is 11.3 Å². The lowest BCUT2D eigenvalue weighted by Crippen LogP contribution is -2.16. The van der Waals surface area contributed by atoms with Gasteiger partial charge in [0.1, 0.15) is 0 Å². The Bertz CT molecular complexity index is 1050. The molecule has 1 aromatic carbocycles. The highest BCUT2D eigenvalue weighted by atomic mass is 35.5. The van der Waals surface area contributed by atoms with E-state index >= 15 is 0 Å². The van der Waals surface area contributed by atoms with Crippen molar-refractivity contribution in [2.45, 2.75) is 18.9 Å². The van der Waals surface area contributed by atoms with Gasteiger partial charge in [0, 0.05) is 34.4 Å². The van der Waals surface area contributed by atoms with Crippen molar-refractivity contribution >= 4 is 34.7 Å². The molecule has 0 aliphatic heterocycles. The second-order valence-corrected chi connectivity index (χ2v) is 7.54. The summed E-state index contributed by atoms with van der Waals surface area (Å²) in [5.74, 6) is 0. The van der Waals surface area contributed by atoms with E-state index in [1.807, 2.05) is 28.3 Å². The van der Waals surface area contributed by atoms with Gasteiger partial charge < -0.3 is 9.67 Å². The van der Waals surface area contributed by atoms with Crippen molar-refractivity contribution in [3.05, 3.63) is 63.4 Å². The maximum Gasteiger partial charge on any atom is 0.409 e. The largest absolute Gasteiger partial charge is 0.465 e. The molecule has 0 unspecified atom stereocenters. The molecule has 26 heavy (non-hydrogen) atoms. The second-order valence-electron chi connectivity index (χ2n) is 6.22. The van der Waals surface area contributed by atoms with Gasteiger partial charge >= 0.3 is 6.09 Å². The van der Waals surface area contributed by atoms with E-state index in [1.54, 1.807) is 35.6 Å². The van der Waals surface area contributed by atoms with Gasteiger partial charge in [-0.05, 0) is 59.7 Å². The molecule has 0 bridgehead atoms. The van der Waals surface area contributed by atoms with Gasteiger partial charge in [0.05, 0.1) is 5.02 Å². The van der Waals surface area contributed by atoms with Crippen LogP contribution in [0, 0.1) is 0 Å². The van der Waals surface area contributed by atoms with Gasteiger partial charge in [0.25, 0.3) is 5.56 Å². The Kier molecular flexibility index (Phi) is 4.30. The fraction of sp³-hybridized carbons (Fsp3) is 0.158. The average Bonchev–Trinajstić information content (AvgIpc) is 3.32. The first-order valence-corrected chi connectivity index (χ1v) is 9.38. The number of carboxylic acid groups (broad SMARTS) is 1. The Morgan fingerprint density at radius 2 is 2.00 bits per heavy atom. The molecular weight excluding hydrogens is 372 g/mol. The number of thiophene rings is 1. The molecule has 0 radical (unpaired) electrons. The van der Waals surface area contributed by atoms with Crippen molar-refractivity contribution in [3.8, 4) is 21.6 Å². The highest BCUT2D eigenvalue weighted by Crippen LogP contribution is 2.38. The zero-order valence-electron chi connectivity index (χ0n) is 13.6. The Morgan fingerprint density at radius 3 is 2.69 bits per heavy atom. The molecule has 1 amide bonds. The number of hydrogen-bond donors (Lipinski definition) is 2. The number of rotatable bonds is 4. The summed E-state index contributed by atoms with van der Waals surface area (Å²) in [4.78, 5) is 23.7. The van der Waals surface area contributed by atoms with Crippen LogP contribution in [0.1, 0.15) is 18.9 Å². The SMILES string of the molecule is O=C(O)Nc1ccc(-c2cc(-c3ccc(=O)n(C4CC4)c3)cs2)c(Cl)c1. The van der Waals surface area contributed by atoms with Crippen molar-refractivity contribution in [1.29, 1.82) is 0 Å². The Morgan fingerprint density at radius 1 is 1.19 bits per heavy atom. The number of anilines is 1. The molecule has 5 nitrogen and oxygen atoms in total. The molecule has 2 heterocycles. The zero-order valence-corrected chi connectivity index (χ0v) is 15.2. The van der Waals surface area contributed by atoms with Crippen molar-refractivity contribution < 1.29 is 9.90 Å². The standard InChI is InChI=1S/C19H15ClN2O3S/c20-16-8-13(21-19(24)25)2-5-15(16)17-7-12(10-26-17)11-1-6-18(23)22(9-11)14-3-4-14/h1-2,5-10,14,21H,3-4H2,(H,24,25). The summed E-state index contributed by atoms with van der Waals surface area (Å²) < 4.78 is 1.81. The van der Waals surface area contributed by atoms with Gasteiger partial charge in [-0.2, -0.15) is 0 Å². The van der Waals surface area contributed by atoms with Crippen LogP contribution in [0.25, 0.3) is 21.6 Å². The summed E-state index contributed by atoms with van der Waals surface area (Å²) in [6.45, 7) is 0. The van der Waals surface area contributed by atoms with Crippen LogP contribution in [-0.2, 0) is 0 Å². The van der Waals surface area contributed by atoms with Crippen LogP contribution >= 0.6 is 22.9 Å². The van der Waals surface area contributed by atoms with E-state index in [0.717, 1.165) is 34.4 Å². The Labute approximate surface area is 158 Å². The maximum absolute atomic E-state index is 12.0. The smallest absolute Gasteiger partial charge is 0.409 e. The summed E-state index contributed by atoms with van der Waals surface area (Å²) in [5.41, 5.74) is 3.34. The van der Waals surface area contributed by atoms with Gasteiger partial charge in [0.15, 0.2) is 0 Å². The molecule has 2 N–H and O–H groups in total. The third kappa shape index (κ3) is 3.38. The van der Waals surface area contributed by atoms with Crippen LogP contribution in [-0.4, -0.2) is 15.8 Å². The van der Waals surface area contributed by atoms with E-state index in [4.69, 9.17) is 16.7 Å². The third-order valence-corrected chi connectivity index (χ3v) is 5.57. The van der Waals surface area contributed by atoms with Gasteiger partial charge in [-0.25, -0.2) is 4.79 Å². The van der Waals surface area contributed by atoms with E-state index in [-0.39, 0.29) is 5.56 Å². The van der Waals surface area contributed by atoms with E-state index < -0.39 is 6.09 Å². The summed E-state index contributed by atoms with van der Waals surface area (Å²) >= 11 is 7.88. The van der Waals surface area contributed by atoms with Crippen molar-refractivity contribution in [1.82, 2.24) is 4.57 Å². The lowest BCUT2D eigenvalue weighted by Gasteiger charge is -2.06. The second kappa shape index (κ2) is 6.63. The number of pyridine rings is 1. The van der Waals surface area contributed by atoms with Crippen molar-refractivity contribution in [2.24, 2.45) is 0 Å². The van der Waals surface area contributed by atoms with E-state index in [1.165, 1.54) is 0 Å². The number of amides is 1. The van der Waals surface area contributed by atoms with Crippen LogP contribution in [0.2, 0.25) is 5.02 Å². The number of halogens is 1. The van der Waals surface area contributed by atoms with Crippen molar-refractivity contribution in [2.75, 3.05) is 5.32 Å². The predicted molar refractivity (Wildman–Crippen MR) is 104 cm³/mol. The van der Waals surface area contributed by atoms with Crippen LogP contribution in [0.5, 0.6) is 0 Å². The highest BCUT2D eigenvalue weighted by molar-refractivity contribution is 7.14. The highest BCUT2D eigenvalue weighted by Gasteiger charge is 2.24. The fourth-order valence-electron chi connectivity index (χ4n) is 2.86. The first-order valence-electron chi connectivity index (χ1n) is 8.12. The van der Waals surface area contributed by atoms with Crippen LogP contribution in [0.4, 0.5) is 10.5 Å².